The van der Waals surface area contributed by atoms with Crippen molar-refractivity contribution >= 4 is 15.9 Å². The van der Waals surface area contributed by atoms with Gasteiger partial charge >= 0.3 is 0 Å². The normalized spacial score (nSPS) is 13.8. The Bertz CT molecular complexity index is 314. The van der Waals surface area contributed by atoms with Crippen LogP contribution in [0.25, 0.3) is 0 Å². The summed E-state index contributed by atoms with van der Waals surface area (Å²) < 4.78 is 23.7. The molecule has 0 aromatic carbocycles. The number of rotatable bonds is 7. The summed E-state index contributed by atoms with van der Waals surface area (Å²) in [6.07, 6.45) is 1.69. The van der Waals surface area contributed by atoms with Crippen LogP contribution in [-0.4, -0.2) is 39.7 Å². The number of amides is 1. The van der Waals surface area contributed by atoms with Crippen LogP contribution in [-0.2, 0) is 14.8 Å². The van der Waals surface area contributed by atoms with E-state index in [0.29, 0.717) is 12.3 Å². The molecule has 0 aliphatic rings. The molecule has 6 nitrogen and oxygen atoms in total. The van der Waals surface area contributed by atoms with Crippen molar-refractivity contribution in [2.45, 2.75) is 26.3 Å². The summed E-state index contributed by atoms with van der Waals surface area (Å²) in [6, 6.07) is -0.529. The van der Waals surface area contributed by atoms with Crippen molar-refractivity contribution in [1.29, 1.82) is 0 Å². The number of nitrogens with one attached hydrogen (secondary N) is 2. The average molecular weight is 251 g/mol. The van der Waals surface area contributed by atoms with Gasteiger partial charge in [-0.05, 0) is 12.3 Å². The van der Waals surface area contributed by atoms with Gasteiger partial charge in [0, 0.05) is 13.1 Å². The molecule has 0 aliphatic heterocycles. The Kier molecular flexibility index (Phi) is 6.54. The van der Waals surface area contributed by atoms with Crippen LogP contribution in [0.3, 0.4) is 0 Å². The van der Waals surface area contributed by atoms with Crippen molar-refractivity contribution in [3.8, 4) is 0 Å². The molecule has 0 bridgehead atoms. The number of nitrogens with two attached hydrogens (primary N) is 1. The minimum Gasteiger partial charge on any atom is -0.353 e. The van der Waals surface area contributed by atoms with Crippen molar-refractivity contribution in [2.24, 2.45) is 11.7 Å². The molecular weight excluding hydrogens is 230 g/mol. The molecule has 0 radical (unpaired) electrons. The van der Waals surface area contributed by atoms with Crippen LogP contribution in [0.2, 0.25) is 0 Å². The maximum atomic E-state index is 11.4. The van der Waals surface area contributed by atoms with Crippen molar-refractivity contribution in [1.82, 2.24) is 10.0 Å². The van der Waals surface area contributed by atoms with E-state index in [1.807, 2.05) is 13.8 Å². The second-order valence-electron chi connectivity index (χ2n) is 4.19. The highest BCUT2D eigenvalue weighted by Gasteiger charge is 2.14. The Morgan fingerprint density at radius 3 is 2.31 bits per heavy atom. The first kappa shape index (κ1) is 15.3. The Hall–Kier alpha value is -0.660. The maximum absolute atomic E-state index is 11.4. The van der Waals surface area contributed by atoms with Crippen molar-refractivity contribution in [2.75, 3.05) is 19.3 Å². The molecule has 4 N–H and O–H groups in total. The zero-order chi connectivity index (χ0) is 12.8. The van der Waals surface area contributed by atoms with Crippen LogP contribution in [0.1, 0.15) is 20.3 Å². The predicted molar refractivity (Wildman–Crippen MR) is 63.3 cm³/mol. The number of carbonyl (C=O) groups is 1. The molecule has 96 valence electrons. The molecule has 0 saturated carbocycles. The van der Waals surface area contributed by atoms with Gasteiger partial charge in [-0.1, -0.05) is 13.8 Å². The number of hydrogen-bond acceptors (Lipinski definition) is 4. The molecule has 1 unspecified atom stereocenters. The fourth-order valence-corrected chi connectivity index (χ4v) is 1.64. The average Bonchev–Trinajstić information content (AvgIpc) is 2.09. The van der Waals surface area contributed by atoms with E-state index in [0.717, 1.165) is 6.26 Å². The zero-order valence-corrected chi connectivity index (χ0v) is 10.8. The predicted octanol–water partition coefficient (Wildman–Crippen LogP) is -0.975. The lowest BCUT2D eigenvalue weighted by atomic mass is 10.0. The highest BCUT2D eigenvalue weighted by Crippen LogP contribution is 2.01. The number of carbonyl (C=O) groups excluding carboxylic acids is 1. The molecule has 16 heavy (non-hydrogen) atoms. The van der Waals surface area contributed by atoms with E-state index in [4.69, 9.17) is 5.73 Å². The van der Waals surface area contributed by atoms with Gasteiger partial charge in [0.15, 0.2) is 0 Å². The summed E-state index contributed by atoms with van der Waals surface area (Å²) in [7, 11) is -3.19. The summed E-state index contributed by atoms with van der Waals surface area (Å²) in [5.41, 5.74) is 5.64. The summed E-state index contributed by atoms with van der Waals surface area (Å²) >= 11 is 0. The van der Waals surface area contributed by atoms with Gasteiger partial charge in [-0.3, -0.25) is 4.79 Å². The van der Waals surface area contributed by atoms with E-state index in [1.165, 1.54) is 0 Å². The standard InChI is InChI=1S/C9H21N3O3S/c1-7(2)6-8(10)9(13)11-4-5-12-16(3,14)15/h7-8,12H,4-6,10H2,1-3H3,(H,11,13). The first-order chi connectivity index (χ1) is 7.22. The van der Waals surface area contributed by atoms with Crippen LogP contribution in [0.15, 0.2) is 0 Å². The minimum atomic E-state index is -3.19. The SMILES string of the molecule is CC(C)CC(N)C(=O)NCCNS(C)(=O)=O. The molecule has 0 aliphatic carbocycles. The number of sulfonamides is 1. The molecule has 1 amide bonds. The first-order valence-electron chi connectivity index (χ1n) is 5.20. The van der Waals surface area contributed by atoms with Crippen LogP contribution in [0.5, 0.6) is 0 Å². The zero-order valence-electron chi connectivity index (χ0n) is 9.99. The lowest BCUT2D eigenvalue weighted by Crippen LogP contribution is -2.44. The van der Waals surface area contributed by atoms with Gasteiger partial charge in [-0.25, -0.2) is 13.1 Å². The van der Waals surface area contributed by atoms with E-state index in [2.05, 4.69) is 10.0 Å². The molecule has 0 heterocycles. The molecule has 0 spiro atoms. The van der Waals surface area contributed by atoms with Crippen molar-refractivity contribution in [3.63, 3.8) is 0 Å². The van der Waals surface area contributed by atoms with Gasteiger partial charge in [-0.15, -0.1) is 0 Å². The van der Waals surface area contributed by atoms with Gasteiger partial charge in [0.2, 0.25) is 15.9 Å². The number of hydrogen-bond donors (Lipinski definition) is 3. The quantitative estimate of drug-likeness (QED) is 0.506. The molecular formula is C9H21N3O3S. The fraction of sp³-hybridized carbons (Fsp3) is 0.889. The topological polar surface area (TPSA) is 101 Å². The summed E-state index contributed by atoms with van der Waals surface area (Å²) in [5.74, 6) is 0.110. The third-order valence-corrected chi connectivity index (χ3v) is 2.58. The first-order valence-corrected chi connectivity index (χ1v) is 7.09. The third kappa shape index (κ3) is 8.63. The summed E-state index contributed by atoms with van der Waals surface area (Å²) in [5, 5.41) is 2.57. The van der Waals surface area contributed by atoms with E-state index in [-0.39, 0.29) is 19.0 Å². The lowest BCUT2D eigenvalue weighted by Gasteiger charge is -2.14. The van der Waals surface area contributed by atoms with E-state index in [1.54, 1.807) is 0 Å². The van der Waals surface area contributed by atoms with Gasteiger partial charge in [0.1, 0.15) is 0 Å². The van der Waals surface area contributed by atoms with Crippen LogP contribution < -0.4 is 15.8 Å². The fourth-order valence-electron chi connectivity index (χ4n) is 1.17. The third-order valence-electron chi connectivity index (χ3n) is 1.85. The molecule has 0 fully saturated rings. The Balaban J connectivity index is 3.73. The maximum Gasteiger partial charge on any atom is 0.236 e. The van der Waals surface area contributed by atoms with Crippen molar-refractivity contribution < 1.29 is 13.2 Å². The molecule has 0 saturated heterocycles. The second kappa shape index (κ2) is 6.82. The molecule has 0 aromatic heterocycles. The largest absolute Gasteiger partial charge is 0.353 e. The molecule has 1 atom stereocenters. The van der Waals surface area contributed by atoms with Gasteiger partial charge in [-0.2, -0.15) is 0 Å². The smallest absolute Gasteiger partial charge is 0.236 e. The van der Waals surface area contributed by atoms with Gasteiger partial charge in [0.25, 0.3) is 0 Å². The van der Waals surface area contributed by atoms with Crippen LogP contribution in [0, 0.1) is 5.92 Å². The van der Waals surface area contributed by atoms with Gasteiger partial charge in [0.05, 0.1) is 12.3 Å². The highest BCUT2D eigenvalue weighted by atomic mass is 32.2. The van der Waals surface area contributed by atoms with E-state index >= 15 is 0 Å². The Morgan fingerprint density at radius 1 is 1.31 bits per heavy atom. The molecule has 0 aromatic rings. The van der Waals surface area contributed by atoms with Crippen LogP contribution in [0.4, 0.5) is 0 Å². The monoisotopic (exact) mass is 251 g/mol. The molecule has 0 rings (SSSR count). The molecule has 7 heteroatoms. The van der Waals surface area contributed by atoms with E-state index in [9.17, 15) is 13.2 Å². The Labute approximate surface area is 97.0 Å². The second-order valence-corrected chi connectivity index (χ2v) is 6.03. The lowest BCUT2D eigenvalue weighted by molar-refractivity contribution is -0.122. The minimum absolute atomic E-state index is 0.180. The van der Waals surface area contributed by atoms with E-state index < -0.39 is 16.1 Å². The Morgan fingerprint density at radius 2 is 1.88 bits per heavy atom. The van der Waals surface area contributed by atoms with Gasteiger partial charge < -0.3 is 11.1 Å². The highest BCUT2D eigenvalue weighted by molar-refractivity contribution is 7.88. The summed E-state index contributed by atoms with van der Waals surface area (Å²) in [6.45, 7) is 4.40. The van der Waals surface area contributed by atoms with Crippen molar-refractivity contribution in [3.05, 3.63) is 0 Å². The summed E-state index contributed by atoms with van der Waals surface area (Å²) in [4.78, 5) is 11.4. The van der Waals surface area contributed by atoms with Crippen LogP contribution >= 0.6 is 0 Å².